The van der Waals surface area contributed by atoms with Crippen LogP contribution in [0, 0.1) is 13.8 Å². The van der Waals surface area contributed by atoms with Gasteiger partial charge in [0, 0.05) is 22.2 Å². The Labute approximate surface area is 180 Å². The van der Waals surface area contributed by atoms with E-state index in [-0.39, 0.29) is 11.7 Å². The molecule has 1 aromatic carbocycles. The molecule has 1 fully saturated rings. The fraction of sp³-hybridized carbons (Fsp3) is 0.375. The first-order valence-electron chi connectivity index (χ1n) is 10.5. The van der Waals surface area contributed by atoms with Gasteiger partial charge in [0.05, 0.1) is 16.9 Å². The average Bonchev–Trinajstić information content (AvgIpc) is 3.34. The first-order valence-corrected chi connectivity index (χ1v) is 11.3. The summed E-state index contributed by atoms with van der Waals surface area (Å²) in [6, 6.07) is 9.36. The largest absolute Gasteiger partial charge is 0.356 e. The molecule has 0 bridgehead atoms. The number of nitrogens with zero attached hydrogens (tertiary/aromatic N) is 1. The van der Waals surface area contributed by atoms with Crippen molar-refractivity contribution >= 4 is 23.0 Å². The molecule has 0 saturated heterocycles. The number of aromatic nitrogens is 2. The molecule has 0 unspecified atom stereocenters. The maximum Gasteiger partial charge on any atom is 0.252 e. The van der Waals surface area contributed by atoms with Gasteiger partial charge in [0.15, 0.2) is 5.78 Å². The van der Waals surface area contributed by atoms with Gasteiger partial charge in [-0.1, -0.05) is 37.5 Å². The van der Waals surface area contributed by atoms with Crippen LogP contribution in [0.15, 0.2) is 35.7 Å². The van der Waals surface area contributed by atoms with Crippen LogP contribution in [0.1, 0.15) is 76.0 Å². The van der Waals surface area contributed by atoms with Gasteiger partial charge in [0.25, 0.3) is 5.91 Å². The van der Waals surface area contributed by atoms with Crippen molar-refractivity contribution < 1.29 is 9.59 Å². The normalized spacial score (nSPS) is 15.7. The van der Waals surface area contributed by atoms with Crippen molar-refractivity contribution in [2.24, 2.45) is 0 Å². The third-order valence-corrected chi connectivity index (χ3v) is 7.10. The van der Waals surface area contributed by atoms with Crippen LogP contribution in [-0.2, 0) is 5.54 Å². The molecular weight excluding hydrogens is 394 g/mol. The number of amides is 1. The first kappa shape index (κ1) is 20.5. The zero-order valence-electron chi connectivity index (χ0n) is 17.7. The molecule has 0 spiro atoms. The van der Waals surface area contributed by atoms with Crippen LogP contribution in [0.3, 0.4) is 0 Å². The maximum atomic E-state index is 13.0. The summed E-state index contributed by atoms with van der Waals surface area (Å²) in [5.74, 6) is 0.00171. The van der Waals surface area contributed by atoms with Gasteiger partial charge >= 0.3 is 0 Å². The van der Waals surface area contributed by atoms with E-state index in [9.17, 15) is 9.59 Å². The minimum atomic E-state index is -0.437. The molecule has 1 saturated carbocycles. The van der Waals surface area contributed by atoms with Gasteiger partial charge in [0.1, 0.15) is 5.01 Å². The number of hydrogen-bond acceptors (Lipinski definition) is 4. The van der Waals surface area contributed by atoms with Gasteiger partial charge in [-0.2, -0.15) is 0 Å². The summed E-state index contributed by atoms with van der Waals surface area (Å²) in [5, 5.41) is 6.30. The van der Waals surface area contributed by atoms with E-state index in [1.807, 2.05) is 49.6 Å². The number of aryl methyl sites for hydroxylation is 1. The van der Waals surface area contributed by atoms with Gasteiger partial charge in [-0.05, 0) is 51.3 Å². The number of aromatic amines is 1. The van der Waals surface area contributed by atoms with Gasteiger partial charge in [-0.25, -0.2) is 4.98 Å². The lowest BCUT2D eigenvalue weighted by Crippen LogP contribution is -2.47. The number of thiazole rings is 1. The van der Waals surface area contributed by atoms with Gasteiger partial charge in [-0.3, -0.25) is 9.59 Å². The van der Waals surface area contributed by atoms with Crippen molar-refractivity contribution in [3.63, 3.8) is 0 Å². The zero-order valence-corrected chi connectivity index (χ0v) is 18.5. The minimum absolute atomic E-state index is 0.0555. The highest BCUT2D eigenvalue weighted by Crippen LogP contribution is 2.40. The lowest BCUT2D eigenvalue weighted by atomic mass is 9.81. The van der Waals surface area contributed by atoms with Crippen LogP contribution < -0.4 is 5.32 Å². The summed E-state index contributed by atoms with van der Waals surface area (Å²) in [4.78, 5) is 33.3. The van der Waals surface area contributed by atoms with Crippen LogP contribution in [0.5, 0.6) is 0 Å². The number of H-pyrrole nitrogens is 1. The van der Waals surface area contributed by atoms with E-state index in [0.29, 0.717) is 5.56 Å². The average molecular weight is 422 g/mol. The van der Waals surface area contributed by atoms with Crippen LogP contribution >= 0.6 is 11.3 Å². The Balaban J connectivity index is 1.69. The number of ketones is 1. The minimum Gasteiger partial charge on any atom is -0.356 e. The molecule has 2 aromatic heterocycles. The van der Waals surface area contributed by atoms with Gasteiger partial charge < -0.3 is 10.3 Å². The molecule has 1 amide bonds. The Morgan fingerprint density at radius 1 is 1.10 bits per heavy atom. The molecule has 1 aliphatic rings. The van der Waals surface area contributed by atoms with E-state index in [0.717, 1.165) is 58.9 Å². The second-order valence-electron chi connectivity index (χ2n) is 8.18. The van der Waals surface area contributed by atoms with Gasteiger partial charge in [0.2, 0.25) is 0 Å². The summed E-state index contributed by atoms with van der Waals surface area (Å²) in [6.45, 7) is 5.47. The maximum absolute atomic E-state index is 13.0. The van der Waals surface area contributed by atoms with E-state index < -0.39 is 5.54 Å². The Bertz CT molecular complexity index is 1080. The molecule has 30 heavy (non-hydrogen) atoms. The van der Waals surface area contributed by atoms with Crippen molar-refractivity contribution in [2.75, 3.05) is 0 Å². The smallest absolute Gasteiger partial charge is 0.252 e. The van der Waals surface area contributed by atoms with E-state index in [2.05, 4.69) is 10.3 Å². The predicted octanol–water partition coefficient (Wildman–Crippen LogP) is 5.55. The third-order valence-electron chi connectivity index (χ3n) is 6.06. The Hall–Kier alpha value is -2.73. The number of carbonyl (C=O) groups excluding carboxylic acids is 2. The van der Waals surface area contributed by atoms with Crippen molar-refractivity contribution in [1.82, 2.24) is 15.3 Å². The summed E-state index contributed by atoms with van der Waals surface area (Å²) >= 11 is 1.59. The molecular formula is C24H27N3O2S. The van der Waals surface area contributed by atoms with Crippen molar-refractivity contribution in [3.05, 3.63) is 63.1 Å². The highest BCUT2D eigenvalue weighted by atomic mass is 32.1. The van der Waals surface area contributed by atoms with E-state index >= 15 is 0 Å². The molecule has 0 aliphatic heterocycles. The SMILES string of the molecule is CC(=O)c1c(C)[nH]c(-c2csc(C3(NC(=O)c4ccccc4)CCCCC3)n2)c1C. The van der Waals surface area contributed by atoms with Crippen LogP contribution in [0.25, 0.3) is 11.4 Å². The summed E-state index contributed by atoms with van der Waals surface area (Å²) in [6.07, 6.45) is 5.09. The fourth-order valence-electron chi connectivity index (χ4n) is 4.57. The molecule has 4 rings (SSSR count). The Morgan fingerprint density at radius 3 is 2.43 bits per heavy atom. The number of rotatable bonds is 5. The molecule has 156 valence electrons. The lowest BCUT2D eigenvalue weighted by molar-refractivity contribution is 0.0865. The van der Waals surface area contributed by atoms with Crippen molar-refractivity contribution in [3.8, 4) is 11.4 Å². The third kappa shape index (κ3) is 3.72. The van der Waals surface area contributed by atoms with Crippen LogP contribution in [0.2, 0.25) is 0 Å². The quantitative estimate of drug-likeness (QED) is 0.531. The molecule has 3 aromatic rings. The monoisotopic (exact) mass is 421 g/mol. The predicted molar refractivity (Wildman–Crippen MR) is 120 cm³/mol. The summed E-state index contributed by atoms with van der Waals surface area (Å²) < 4.78 is 0. The molecule has 5 nitrogen and oxygen atoms in total. The second kappa shape index (κ2) is 8.19. The topological polar surface area (TPSA) is 74.8 Å². The first-order chi connectivity index (χ1) is 14.4. The Kier molecular flexibility index (Phi) is 5.60. The van der Waals surface area contributed by atoms with Crippen molar-refractivity contribution in [2.45, 2.75) is 58.4 Å². The number of nitrogens with one attached hydrogen (secondary N) is 2. The van der Waals surface area contributed by atoms with E-state index in [1.165, 1.54) is 6.42 Å². The van der Waals surface area contributed by atoms with Crippen LogP contribution in [-0.4, -0.2) is 21.7 Å². The van der Waals surface area contributed by atoms with Gasteiger partial charge in [-0.15, -0.1) is 11.3 Å². The molecule has 2 N–H and O–H groups in total. The number of benzene rings is 1. The second-order valence-corrected chi connectivity index (χ2v) is 9.04. The summed E-state index contributed by atoms with van der Waals surface area (Å²) in [7, 11) is 0. The van der Waals surface area contributed by atoms with Crippen molar-refractivity contribution in [1.29, 1.82) is 0 Å². The standard InChI is InChI=1S/C24H27N3O2S/c1-15-20(17(3)28)16(2)25-21(15)19-14-30-23(26-19)24(12-8-5-9-13-24)27-22(29)18-10-6-4-7-11-18/h4,6-7,10-11,14,25H,5,8-9,12-13H2,1-3H3,(H,27,29). The van der Waals surface area contributed by atoms with E-state index in [1.54, 1.807) is 18.3 Å². The fourth-order valence-corrected chi connectivity index (χ4v) is 5.59. The molecule has 0 radical (unpaired) electrons. The number of Topliss-reactive ketones (excluding diaryl/α,β-unsaturated/α-hetero) is 1. The highest BCUT2D eigenvalue weighted by molar-refractivity contribution is 7.10. The molecule has 1 aliphatic carbocycles. The molecule has 2 heterocycles. The number of carbonyl (C=O) groups is 2. The van der Waals surface area contributed by atoms with Crippen LogP contribution in [0.4, 0.5) is 0 Å². The van der Waals surface area contributed by atoms with E-state index in [4.69, 9.17) is 4.98 Å². The highest BCUT2D eigenvalue weighted by Gasteiger charge is 2.38. The zero-order chi connectivity index (χ0) is 21.3. The molecule has 6 heteroatoms. The lowest BCUT2D eigenvalue weighted by Gasteiger charge is -2.36. The molecule has 0 atom stereocenters. The Morgan fingerprint density at radius 2 is 1.80 bits per heavy atom. The number of hydrogen-bond donors (Lipinski definition) is 2. The summed E-state index contributed by atoms with van der Waals surface area (Å²) in [5.41, 5.74) is 4.50.